The number of carbonyl (C=O) groups excluding carboxylic acids is 1. The van der Waals surface area contributed by atoms with Crippen LogP contribution in [0.15, 0.2) is 47.6 Å². The van der Waals surface area contributed by atoms with E-state index >= 15 is 0 Å². The maximum absolute atomic E-state index is 11.6. The van der Waals surface area contributed by atoms with Crippen LogP contribution < -0.4 is 5.01 Å². The Bertz CT molecular complexity index is 420. The highest BCUT2D eigenvalue weighted by atomic mass is 16.2. The maximum Gasteiger partial charge on any atom is 0.280 e. The number of para-hydroxylation sites is 1. The van der Waals surface area contributed by atoms with Crippen LogP contribution >= 0.6 is 0 Å². The maximum atomic E-state index is 11.6. The van der Waals surface area contributed by atoms with Gasteiger partial charge in [0.05, 0.1) is 17.0 Å². The molecule has 0 saturated heterocycles. The molecule has 0 N–H and O–H groups in total. The molecule has 1 aromatic carbocycles. The molecular weight excluding hydrogens is 176 g/mol. The summed E-state index contributed by atoms with van der Waals surface area (Å²) in [5, 5.41) is 5.49. The number of carbonyl (C=O) groups is 1. The molecule has 3 heteroatoms. The lowest BCUT2D eigenvalue weighted by Crippen LogP contribution is -2.20. The molecule has 0 aliphatic carbocycles. The first kappa shape index (κ1) is 8.69. The first-order chi connectivity index (χ1) is 6.70. The highest BCUT2D eigenvalue weighted by Gasteiger charge is 2.26. The van der Waals surface area contributed by atoms with Crippen molar-refractivity contribution in [2.45, 2.75) is 6.92 Å². The van der Waals surface area contributed by atoms with Crippen molar-refractivity contribution in [1.82, 2.24) is 0 Å². The van der Waals surface area contributed by atoms with Crippen LogP contribution in [0.4, 0.5) is 5.69 Å². The zero-order valence-electron chi connectivity index (χ0n) is 7.90. The molecule has 1 aromatic rings. The summed E-state index contributed by atoms with van der Waals surface area (Å²) in [5.41, 5.74) is 1.92. The molecule has 0 radical (unpaired) electrons. The lowest BCUT2D eigenvalue weighted by atomic mass is 10.2. The van der Waals surface area contributed by atoms with Crippen LogP contribution in [0.5, 0.6) is 0 Å². The predicted octanol–water partition coefficient (Wildman–Crippen LogP) is 1.97. The smallest absolute Gasteiger partial charge is 0.267 e. The van der Waals surface area contributed by atoms with Gasteiger partial charge in [0, 0.05) is 0 Å². The van der Waals surface area contributed by atoms with Crippen LogP contribution in [0, 0.1) is 0 Å². The molecule has 70 valence electrons. The zero-order valence-corrected chi connectivity index (χ0v) is 7.90. The van der Waals surface area contributed by atoms with E-state index in [1.807, 2.05) is 30.3 Å². The minimum atomic E-state index is -0.145. The van der Waals surface area contributed by atoms with E-state index < -0.39 is 0 Å². The fraction of sp³-hybridized carbons (Fsp3) is 0.0909. The van der Waals surface area contributed by atoms with Gasteiger partial charge in [0.2, 0.25) is 0 Å². The third kappa shape index (κ3) is 1.23. The highest BCUT2D eigenvalue weighted by Crippen LogP contribution is 2.21. The topological polar surface area (TPSA) is 32.7 Å². The number of nitrogens with zero attached hydrogens (tertiary/aromatic N) is 2. The second-order valence-electron chi connectivity index (χ2n) is 3.12. The summed E-state index contributed by atoms with van der Waals surface area (Å²) < 4.78 is 0. The van der Waals surface area contributed by atoms with Crippen molar-refractivity contribution < 1.29 is 4.79 Å². The Morgan fingerprint density at radius 3 is 2.43 bits per heavy atom. The molecule has 14 heavy (non-hydrogen) atoms. The first-order valence-corrected chi connectivity index (χ1v) is 4.34. The quantitative estimate of drug-likeness (QED) is 0.617. The molecule has 0 fully saturated rings. The molecule has 1 heterocycles. The average molecular weight is 186 g/mol. The van der Waals surface area contributed by atoms with Crippen molar-refractivity contribution in [1.29, 1.82) is 0 Å². The van der Waals surface area contributed by atoms with Crippen LogP contribution in [0.25, 0.3) is 0 Å². The number of anilines is 1. The van der Waals surface area contributed by atoms with Gasteiger partial charge < -0.3 is 0 Å². The van der Waals surface area contributed by atoms with E-state index in [9.17, 15) is 4.79 Å². The lowest BCUT2D eigenvalue weighted by Gasteiger charge is -2.10. The molecule has 0 bridgehead atoms. The molecule has 2 rings (SSSR count). The van der Waals surface area contributed by atoms with Crippen molar-refractivity contribution in [2.24, 2.45) is 5.10 Å². The van der Waals surface area contributed by atoms with E-state index in [0.717, 1.165) is 5.69 Å². The summed E-state index contributed by atoms with van der Waals surface area (Å²) in [6, 6.07) is 9.32. The fourth-order valence-electron chi connectivity index (χ4n) is 1.28. The van der Waals surface area contributed by atoms with Crippen LogP contribution in [0.2, 0.25) is 0 Å². The predicted molar refractivity (Wildman–Crippen MR) is 56.2 cm³/mol. The van der Waals surface area contributed by atoms with Gasteiger partial charge in [-0.05, 0) is 19.1 Å². The van der Waals surface area contributed by atoms with Crippen molar-refractivity contribution in [3.05, 3.63) is 42.5 Å². The van der Waals surface area contributed by atoms with Crippen molar-refractivity contribution >= 4 is 17.3 Å². The van der Waals surface area contributed by atoms with Gasteiger partial charge in [-0.1, -0.05) is 24.8 Å². The van der Waals surface area contributed by atoms with E-state index in [1.54, 1.807) is 6.92 Å². The molecule has 0 aromatic heterocycles. The third-order valence-corrected chi connectivity index (χ3v) is 2.14. The summed E-state index contributed by atoms with van der Waals surface area (Å²) in [6.45, 7) is 5.45. The largest absolute Gasteiger partial charge is 0.280 e. The van der Waals surface area contributed by atoms with Crippen molar-refractivity contribution in [2.75, 3.05) is 5.01 Å². The average Bonchev–Trinajstić information content (AvgIpc) is 2.47. The third-order valence-electron chi connectivity index (χ3n) is 2.14. The number of hydrogen-bond acceptors (Lipinski definition) is 2. The molecule has 1 amide bonds. The molecule has 0 saturated carbocycles. The van der Waals surface area contributed by atoms with Gasteiger partial charge in [-0.25, -0.2) is 0 Å². The van der Waals surface area contributed by atoms with Gasteiger partial charge in [0.15, 0.2) is 0 Å². The Kier molecular flexibility index (Phi) is 1.93. The van der Waals surface area contributed by atoms with Gasteiger partial charge in [-0.2, -0.15) is 10.1 Å². The van der Waals surface area contributed by atoms with Gasteiger partial charge in [-0.3, -0.25) is 4.79 Å². The molecule has 0 atom stereocenters. The Morgan fingerprint density at radius 2 is 1.93 bits per heavy atom. The summed E-state index contributed by atoms with van der Waals surface area (Å²) >= 11 is 0. The number of benzene rings is 1. The SMILES string of the molecule is C=C1C(=O)N(c2ccccc2)N=C1C. The van der Waals surface area contributed by atoms with Crippen LogP contribution in [-0.2, 0) is 4.79 Å². The minimum absolute atomic E-state index is 0.145. The number of rotatable bonds is 1. The van der Waals surface area contributed by atoms with E-state index in [-0.39, 0.29) is 5.91 Å². The van der Waals surface area contributed by atoms with E-state index in [1.165, 1.54) is 5.01 Å². The van der Waals surface area contributed by atoms with Crippen molar-refractivity contribution in [3.8, 4) is 0 Å². The first-order valence-electron chi connectivity index (χ1n) is 4.34. The Labute approximate surface area is 82.3 Å². The second-order valence-corrected chi connectivity index (χ2v) is 3.12. The molecule has 0 unspecified atom stereocenters. The molecular formula is C11H10N2O. The summed E-state index contributed by atoms with van der Waals surface area (Å²) in [6.07, 6.45) is 0. The Balaban J connectivity index is 2.39. The highest BCUT2D eigenvalue weighted by molar-refractivity contribution is 6.29. The number of amides is 1. The monoisotopic (exact) mass is 186 g/mol. The molecule has 1 aliphatic rings. The number of hydrazone groups is 1. The Hall–Kier alpha value is -1.90. The summed E-state index contributed by atoms with van der Waals surface area (Å²) in [7, 11) is 0. The Morgan fingerprint density at radius 1 is 1.29 bits per heavy atom. The standard InChI is InChI=1S/C11H10N2O/c1-8-9(2)12-13(11(8)14)10-6-4-3-5-7-10/h3-7H,1H2,2H3. The van der Waals surface area contributed by atoms with Gasteiger partial charge in [0.1, 0.15) is 0 Å². The van der Waals surface area contributed by atoms with Gasteiger partial charge >= 0.3 is 0 Å². The fourth-order valence-corrected chi connectivity index (χ4v) is 1.28. The van der Waals surface area contributed by atoms with E-state index in [4.69, 9.17) is 0 Å². The van der Waals surface area contributed by atoms with Crippen LogP contribution in [0.1, 0.15) is 6.92 Å². The van der Waals surface area contributed by atoms with Gasteiger partial charge in [0.25, 0.3) is 5.91 Å². The molecule has 3 nitrogen and oxygen atoms in total. The van der Waals surface area contributed by atoms with E-state index in [0.29, 0.717) is 11.3 Å². The summed E-state index contributed by atoms with van der Waals surface area (Å²) in [5.74, 6) is -0.145. The van der Waals surface area contributed by atoms with Crippen LogP contribution in [-0.4, -0.2) is 11.6 Å². The lowest BCUT2D eigenvalue weighted by molar-refractivity contribution is -0.114. The summed E-state index contributed by atoms with van der Waals surface area (Å²) in [4.78, 5) is 11.6. The van der Waals surface area contributed by atoms with Crippen LogP contribution in [0.3, 0.4) is 0 Å². The second kappa shape index (κ2) is 3.10. The van der Waals surface area contributed by atoms with Crippen molar-refractivity contribution in [3.63, 3.8) is 0 Å². The molecule has 0 spiro atoms. The van der Waals surface area contributed by atoms with E-state index in [2.05, 4.69) is 11.7 Å². The zero-order chi connectivity index (χ0) is 10.1. The number of hydrogen-bond donors (Lipinski definition) is 0. The minimum Gasteiger partial charge on any atom is -0.267 e. The normalized spacial score (nSPS) is 16.1. The van der Waals surface area contributed by atoms with Gasteiger partial charge in [-0.15, -0.1) is 0 Å². The molecule has 1 aliphatic heterocycles.